The summed E-state index contributed by atoms with van der Waals surface area (Å²) in [5.41, 5.74) is 1.64. The zero-order chi connectivity index (χ0) is 19.8. The third-order valence-electron chi connectivity index (χ3n) is 4.32. The lowest BCUT2D eigenvalue weighted by Crippen LogP contribution is -2.49. The average Bonchev–Trinajstić information content (AvgIpc) is 3.24. The molecule has 2 N–H and O–H groups in total. The van der Waals surface area contributed by atoms with Crippen molar-refractivity contribution in [3.05, 3.63) is 90.1 Å². The molecule has 0 fully saturated rings. The molecule has 2 aromatic heterocycles. The molecule has 0 aliphatic heterocycles. The van der Waals surface area contributed by atoms with Crippen molar-refractivity contribution in [2.45, 2.75) is 25.6 Å². The van der Waals surface area contributed by atoms with Gasteiger partial charge in [0, 0.05) is 25.4 Å². The zero-order valence-electron chi connectivity index (χ0n) is 15.2. The van der Waals surface area contributed by atoms with Gasteiger partial charge in [-0.3, -0.25) is 14.7 Å². The van der Waals surface area contributed by atoms with Crippen molar-refractivity contribution in [1.29, 1.82) is 0 Å². The number of rotatable bonds is 8. The largest absolute Gasteiger partial charge is 0.467 e. The van der Waals surface area contributed by atoms with Gasteiger partial charge in [0.1, 0.15) is 11.8 Å². The second-order valence-electron chi connectivity index (χ2n) is 6.27. The van der Waals surface area contributed by atoms with Crippen molar-refractivity contribution >= 4 is 12.0 Å². The van der Waals surface area contributed by atoms with Gasteiger partial charge in [0.2, 0.25) is 5.91 Å². The minimum Gasteiger partial charge on any atom is -0.467 e. The first-order valence-corrected chi connectivity index (χ1v) is 8.86. The predicted octanol–water partition coefficient (Wildman–Crippen LogP) is 3.08. The molecule has 1 atom stereocenters. The number of furan rings is 1. The highest BCUT2D eigenvalue weighted by molar-refractivity contribution is 5.85. The maximum Gasteiger partial charge on any atom is 0.408 e. The smallest absolute Gasteiger partial charge is 0.408 e. The van der Waals surface area contributed by atoms with Crippen LogP contribution >= 0.6 is 0 Å². The van der Waals surface area contributed by atoms with Crippen molar-refractivity contribution in [2.24, 2.45) is 0 Å². The third-order valence-corrected chi connectivity index (χ3v) is 4.32. The molecule has 0 radical (unpaired) electrons. The van der Waals surface area contributed by atoms with Crippen molar-refractivity contribution in [1.82, 2.24) is 15.2 Å². The van der Waals surface area contributed by atoms with E-state index in [4.69, 9.17) is 4.42 Å². The number of carbonyl (C=O) groups excluding carboxylic acids is 1. The molecule has 0 unspecified atom stereocenters. The fourth-order valence-electron chi connectivity index (χ4n) is 2.88. The molecule has 0 saturated heterocycles. The van der Waals surface area contributed by atoms with Crippen LogP contribution in [-0.2, 0) is 24.3 Å². The number of benzene rings is 1. The highest BCUT2D eigenvalue weighted by atomic mass is 16.4. The fourth-order valence-corrected chi connectivity index (χ4v) is 2.88. The molecule has 0 aliphatic carbocycles. The molecule has 3 aromatic rings. The van der Waals surface area contributed by atoms with E-state index in [1.165, 1.54) is 6.26 Å². The number of pyridine rings is 1. The maximum atomic E-state index is 12.9. The second-order valence-corrected chi connectivity index (χ2v) is 6.27. The van der Waals surface area contributed by atoms with E-state index in [1.807, 2.05) is 30.3 Å². The molecular formula is C21H21N3O4. The molecule has 7 nitrogen and oxygen atoms in total. The van der Waals surface area contributed by atoms with Crippen molar-refractivity contribution < 1.29 is 19.1 Å². The van der Waals surface area contributed by atoms with E-state index in [2.05, 4.69) is 10.3 Å². The molecule has 7 heteroatoms. The van der Waals surface area contributed by atoms with Gasteiger partial charge >= 0.3 is 6.09 Å². The quantitative estimate of drug-likeness (QED) is 0.627. The number of carbonyl (C=O) groups is 2. The Kier molecular flexibility index (Phi) is 6.41. The second kappa shape index (κ2) is 9.36. The number of amides is 2. The van der Waals surface area contributed by atoms with Gasteiger partial charge in [0.25, 0.3) is 0 Å². The number of nitrogens with one attached hydrogen (secondary N) is 1. The van der Waals surface area contributed by atoms with Gasteiger partial charge in [-0.2, -0.15) is 0 Å². The van der Waals surface area contributed by atoms with Crippen LogP contribution in [-0.4, -0.2) is 33.0 Å². The van der Waals surface area contributed by atoms with Gasteiger partial charge in [-0.15, -0.1) is 0 Å². The van der Waals surface area contributed by atoms with Gasteiger partial charge in [-0.1, -0.05) is 30.3 Å². The maximum absolute atomic E-state index is 12.9. The van der Waals surface area contributed by atoms with E-state index in [9.17, 15) is 14.7 Å². The summed E-state index contributed by atoms with van der Waals surface area (Å²) in [6.45, 7) is 0.281. The van der Waals surface area contributed by atoms with Crippen LogP contribution in [0.25, 0.3) is 0 Å². The normalized spacial score (nSPS) is 11.6. The Balaban J connectivity index is 1.81. The van der Waals surface area contributed by atoms with Crippen LogP contribution in [0.4, 0.5) is 4.79 Å². The molecule has 0 saturated carbocycles. The molecule has 0 bridgehead atoms. The fraction of sp³-hybridized carbons (Fsp3) is 0.190. The number of carboxylic acid groups (broad SMARTS) is 1. The van der Waals surface area contributed by atoms with Crippen LogP contribution < -0.4 is 5.32 Å². The lowest BCUT2D eigenvalue weighted by Gasteiger charge is -2.28. The summed E-state index contributed by atoms with van der Waals surface area (Å²) in [6, 6.07) is 15.4. The first-order chi connectivity index (χ1) is 13.6. The van der Waals surface area contributed by atoms with Crippen molar-refractivity contribution in [3.63, 3.8) is 0 Å². The Bertz CT molecular complexity index is 883. The van der Waals surface area contributed by atoms with Crippen LogP contribution in [0.15, 0.2) is 77.7 Å². The van der Waals surface area contributed by atoms with Gasteiger partial charge < -0.3 is 14.8 Å². The minimum absolute atomic E-state index is 0.0868. The van der Waals surface area contributed by atoms with E-state index in [-0.39, 0.29) is 25.4 Å². The van der Waals surface area contributed by atoms with Crippen molar-refractivity contribution in [3.8, 4) is 0 Å². The van der Waals surface area contributed by atoms with E-state index in [0.29, 0.717) is 5.76 Å². The van der Waals surface area contributed by atoms with Crippen LogP contribution in [0.1, 0.15) is 16.9 Å². The molecule has 2 heterocycles. The number of hydrogen-bond acceptors (Lipinski definition) is 4. The minimum atomic E-state index is -1.16. The molecule has 0 aliphatic rings. The van der Waals surface area contributed by atoms with Crippen LogP contribution in [0.5, 0.6) is 0 Å². The SMILES string of the molecule is O=C(NCc1ccco1)[C@H](Cc1ccccc1)N(Cc1ccncc1)C(=O)O. The van der Waals surface area contributed by atoms with Gasteiger partial charge in [0.15, 0.2) is 0 Å². The van der Waals surface area contributed by atoms with Crippen LogP contribution in [0.3, 0.4) is 0 Å². The average molecular weight is 379 g/mol. The molecule has 144 valence electrons. The van der Waals surface area contributed by atoms with Crippen molar-refractivity contribution in [2.75, 3.05) is 0 Å². The molecule has 0 spiro atoms. The zero-order valence-corrected chi connectivity index (χ0v) is 15.2. The van der Waals surface area contributed by atoms with Gasteiger partial charge in [0.05, 0.1) is 12.8 Å². The Labute approximate surface area is 162 Å². The predicted molar refractivity (Wildman–Crippen MR) is 102 cm³/mol. The Hall–Kier alpha value is -3.61. The lowest BCUT2D eigenvalue weighted by atomic mass is 10.0. The number of aromatic nitrogens is 1. The van der Waals surface area contributed by atoms with Crippen LogP contribution in [0, 0.1) is 0 Å². The Morgan fingerprint density at radius 3 is 2.43 bits per heavy atom. The highest BCUT2D eigenvalue weighted by Gasteiger charge is 2.30. The first kappa shape index (κ1) is 19.2. The first-order valence-electron chi connectivity index (χ1n) is 8.86. The molecule has 28 heavy (non-hydrogen) atoms. The monoisotopic (exact) mass is 379 g/mol. The summed E-state index contributed by atoms with van der Waals surface area (Å²) in [5, 5.41) is 12.6. The summed E-state index contributed by atoms with van der Waals surface area (Å²) < 4.78 is 5.23. The Morgan fingerprint density at radius 1 is 1.04 bits per heavy atom. The lowest BCUT2D eigenvalue weighted by molar-refractivity contribution is -0.126. The number of nitrogens with zero attached hydrogens (tertiary/aromatic N) is 2. The van der Waals surface area contributed by atoms with Crippen LogP contribution in [0.2, 0.25) is 0 Å². The summed E-state index contributed by atoms with van der Waals surface area (Å²) in [4.78, 5) is 30.0. The van der Waals surface area contributed by atoms with E-state index >= 15 is 0 Å². The molecule has 2 amide bonds. The highest BCUT2D eigenvalue weighted by Crippen LogP contribution is 2.14. The summed E-state index contributed by atoms with van der Waals surface area (Å²) in [7, 11) is 0. The molecule has 1 aromatic carbocycles. The van der Waals surface area contributed by atoms with Gasteiger partial charge in [-0.05, 0) is 35.4 Å². The summed E-state index contributed by atoms with van der Waals surface area (Å²) in [5.74, 6) is 0.222. The summed E-state index contributed by atoms with van der Waals surface area (Å²) in [6.07, 6.45) is 3.82. The molecule has 3 rings (SSSR count). The van der Waals surface area contributed by atoms with Gasteiger partial charge in [-0.25, -0.2) is 4.79 Å². The summed E-state index contributed by atoms with van der Waals surface area (Å²) >= 11 is 0. The third kappa shape index (κ3) is 5.20. The molecular weight excluding hydrogens is 358 g/mol. The van der Waals surface area contributed by atoms with E-state index in [0.717, 1.165) is 16.0 Å². The van der Waals surface area contributed by atoms with E-state index < -0.39 is 12.1 Å². The van der Waals surface area contributed by atoms with E-state index in [1.54, 1.807) is 36.7 Å². The Morgan fingerprint density at radius 2 is 1.79 bits per heavy atom. The standard InChI is InChI=1S/C21H21N3O4/c25-20(23-14-18-7-4-12-28-18)19(13-16-5-2-1-3-6-16)24(21(26)27)15-17-8-10-22-11-9-17/h1-12,19H,13-15H2,(H,23,25)(H,26,27)/t19-/m0/s1. The number of hydrogen-bond donors (Lipinski definition) is 2. The topological polar surface area (TPSA) is 95.7 Å².